The molecule has 0 aliphatic rings. The van der Waals surface area contributed by atoms with Gasteiger partial charge in [0.2, 0.25) is 11.7 Å². The standard InChI is InChI=1S/C23H27FN4O5S/c1-5-10-34(29,30)14-15-6-8-16(9-7-15)26-22-18(24)13-25-23(28-22)27-17-11-19(31-2)21(33-4)20(12-17)32-3/h6-9,11-13H,5,10,14H2,1-4H3,(H2,25,26,27,28). The van der Waals surface area contributed by atoms with E-state index < -0.39 is 15.7 Å². The Hall–Kier alpha value is -3.60. The number of ether oxygens (including phenoxy) is 3. The molecular weight excluding hydrogens is 463 g/mol. The number of hydrogen-bond donors (Lipinski definition) is 2. The second kappa shape index (κ2) is 11.0. The topological polar surface area (TPSA) is 112 Å². The third kappa shape index (κ3) is 6.25. The smallest absolute Gasteiger partial charge is 0.229 e. The number of nitrogens with one attached hydrogen (secondary N) is 2. The summed E-state index contributed by atoms with van der Waals surface area (Å²) >= 11 is 0. The van der Waals surface area contributed by atoms with Gasteiger partial charge in [0, 0.05) is 23.5 Å². The van der Waals surface area contributed by atoms with Crippen LogP contribution in [-0.2, 0) is 15.6 Å². The molecule has 182 valence electrons. The Morgan fingerprint density at radius 2 is 1.59 bits per heavy atom. The minimum Gasteiger partial charge on any atom is -0.493 e. The Bertz CT molecular complexity index is 1210. The molecule has 1 heterocycles. The first-order valence-electron chi connectivity index (χ1n) is 10.4. The number of methoxy groups -OCH3 is 3. The third-order valence-corrected chi connectivity index (χ3v) is 6.59. The third-order valence-electron chi connectivity index (χ3n) is 4.78. The van der Waals surface area contributed by atoms with Crippen LogP contribution in [0.5, 0.6) is 17.2 Å². The fraction of sp³-hybridized carbons (Fsp3) is 0.304. The van der Waals surface area contributed by atoms with E-state index in [-0.39, 0.29) is 23.3 Å². The summed E-state index contributed by atoms with van der Waals surface area (Å²) in [7, 11) is 1.36. The lowest BCUT2D eigenvalue weighted by atomic mass is 10.2. The van der Waals surface area contributed by atoms with Gasteiger partial charge in [-0.2, -0.15) is 4.98 Å². The first-order chi connectivity index (χ1) is 16.3. The predicted octanol–water partition coefficient (Wildman–Crippen LogP) is 4.45. The Morgan fingerprint density at radius 3 is 2.15 bits per heavy atom. The molecule has 0 fully saturated rings. The first kappa shape index (κ1) is 25.0. The molecule has 0 bridgehead atoms. The number of anilines is 4. The normalized spacial score (nSPS) is 11.1. The number of halogens is 1. The first-order valence-corrected chi connectivity index (χ1v) is 12.3. The van der Waals surface area contributed by atoms with Gasteiger partial charge in [-0.3, -0.25) is 0 Å². The molecule has 2 N–H and O–H groups in total. The molecule has 0 aliphatic carbocycles. The van der Waals surface area contributed by atoms with Crippen molar-refractivity contribution in [1.29, 1.82) is 0 Å². The van der Waals surface area contributed by atoms with Gasteiger partial charge in [0.25, 0.3) is 0 Å². The van der Waals surface area contributed by atoms with Crippen LogP contribution < -0.4 is 24.8 Å². The molecule has 1 aromatic heterocycles. The van der Waals surface area contributed by atoms with Crippen molar-refractivity contribution < 1.29 is 27.0 Å². The van der Waals surface area contributed by atoms with Crippen molar-refractivity contribution >= 4 is 33.0 Å². The summed E-state index contributed by atoms with van der Waals surface area (Å²) in [5.41, 5.74) is 1.75. The highest BCUT2D eigenvalue weighted by atomic mass is 32.2. The second-order valence-corrected chi connectivity index (χ2v) is 9.53. The van der Waals surface area contributed by atoms with E-state index in [0.717, 1.165) is 6.20 Å². The summed E-state index contributed by atoms with van der Waals surface area (Å²) in [4.78, 5) is 8.19. The number of rotatable bonds is 11. The highest BCUT2D eigenvalue weighted by Gasteiger charge is 2.15. The minimum absolute atomic E-state index is 0.0359. The largest absolute Gasteiger partial charge is 0.493 e. The fourth-order valence-electron chi connectivity index (χ4n) is 3.26. The van der Waals surface area contributed by atoms with E-state index >= 15 is 0 Å². The van der Waals surface area contributed by atoms with Gasteiger partial charge in [0.1, 0.15) is 0 Å². The average molecular weight is 491 g/mol. The van der Waals surface area contributed by atoms with Gasteiger partial charge in [-0.25, -0.2) is 17.8 Å². The summed E-state index contributed by atoms with van der Waals surface area (Å²) in [5, 5.41) is 5.89. The lowest BCUT2D eigenvalue weighted by Gasteiger charge is -2.15. The molecule has 0 radical (unpaired) electrons. The van der Waals surface area contributed by atoms with Crippen molar-refractivity contribution in [3.63, 3.8) is 0 Å². The minimum atomic E-state index is -3.15. The zero-order valence-corrected chi connectivity index (χ0v) is 20.2. The van der Waals surface area contributed by atoms with Gasteiger partial charge in [0.05, 0.1) is 39.0 Å². The second-order valence-electron chi connectivity index (χ2n) is 7.34. The molecule has 0 saturated carbocycles. The maximum atomic E-state index is 14.4. The fourth-order valence-corrected chi connectivity index (χ4v) is 4.72. The number of hydrogen-bond acceptors (Lipinski definition) is 9. The van der Waals surface area contributed by atoms with Crippen LogP contribution in [0.2, 0.25) is 0 Å². The van der Waals surface area contributed by atoms with E-state index in [4.69, 9.17) is 14.2 Å². The van der Waals surface area contributed by atoms with Crippen molar-refractivity contribution in [1.82, 2.24) is 9.97 Å². The molecule has 0 unspecified atom stereocenters. The SMILES string of the molecule is CCCS(=O)(=O)Cc1ccc(Nc2nc(Nc3cc(OC)c(OC)c(OC)c3)ncc2F)cc1. The molecule has 0 amide bonds. The lowest BCUT2D eigenvalue weighted by Crippen LogP contribution is -2.08. The van der Waals surface area contributed by atoms with E-state index in [1.54, 1.807) is 36.4 Å². The van der Waals surface area contributed by atoms with Crippen molar-refractivity contribution in [3.8, 4) is 17.2 Å². The van der Waals surface area contributed by atoms with Gasteiger partial charge < -0.3 is 24.8 Å². The van der Waals surface area contributed by atoms with Crippen molar-refractivity contribution in [2.75, 3.05) is 37.7 Å². The van der Waals surface area contributed by atoms with Crippen LogP contribution in [-0.4, -0.2) is 45.5 Å². The predicted molar refractivity (Wildman–Crippen MR) is 129 cm³/mol. The Morgan fingerprint density at radius 1 is 0.941 bits per heavy atom. The highest BCUT2D eigenvalue weighted by Crippen LogP contribution is 2.40. The van der Waals surface area contributed by atoms with Crippen LogP contribution in [0.15, 0.2) is 42.6 Å². The van der Waals surface area contributed by atoms with E-state index in [9.17, 15) is 12.8 Å². The molecule has 11 heteroatoms. The van der Waals surface area contributed by atoms with Crippen LogP contribution >= 0.6 is 0 Å². The molecule has 0 atom stereocenters. The van der Waals surface area contributed by atoms with E-state index in [0.29, 0.717) is 40.6 Å². The van der Waals surface area contributed by atoms with Crippen LogP contribution in [0.1, 0.15) is 18.9 Å². The van der Waals surface area contributed by atoms with Crippen molar-refractivity contribution in [2.45, 2.75) is 19.1 Å². The Kier molecular flexibility index (Phi) is 8.11. The molecule has 0 saturated heterocycles. The van der Waals surface area contributed by atoms with Gasteiger partial charge in [-0.05, 0) is 24.1 Å². The zero-order valence-electron chi connectivity index (χ0n) is 19.4. The average Bonchev–Trinajstić information content (AvgIpc) is 2.81. The van der Waals surface area contributed by atoms with E-state index in [2.05, 4.69) is 20.6 Å². The van der Waals surface area contributed by atoms with E-state index in [1.165, 1.54) is 21.3 Å². The van der Waals surface area contributed by atoms with Crippen LogP contribution in [0.4, 0.5) is 27.5 Å². The molecular formula is C23H27FN4O5S. The summed E-state index contributed by atoms with van der Waals surface area (Å²) in [5.74, 6) is 0.856. The van der Waals surface area contributed by atoms with Gasteiger partial charge in [-0.1, -0.05) is 19.1 Å². The number of nitrogens with zero attached hydrogens (tertiary/aromatic N) is 2. The van der Waals surface area contributed by atoms with Crippen LogP contribution in [0.3, 0.4) is 0 Å². The van der Waals surface area contributed by atoms with Crippen LogP contribution in [0.25, 0.3) is 0 Å². The summed E-state index contributed by atoms with van der Waals surface area (Å²) in [6, 6.07) is 10.1. The Balaban J connectivity index is 1.78. The zero-order chi connectivity index (χ0) is 24.7. The van der Waals surface area contributed by atoms with Gasteiger partial charge >= 0.3 is 0 Å². The summed E-state index contributed by atoms with van der Waals surface area (Å²) in [6.45, 7) is 1.82. The Labute approximate surface area is 198 Å². The van der Waals surface area contributed by atoms with Crippen molar-refractivity contribution in [3.05, 3.63) is 54.0 Å². The molecule has 2 aromatic carbocycles. The van der Waals surface area contributed by atoms with Crippen molar-refractivity contribution in [2.24, 2.45) is 0 Å². The lowest BCUT2D eigenvalue weighted by molar-refractivity contribution is 0.324. The van der Waals surface area contributed by atoms with Gasteiger partial charge in [-0.15, -0.1) is 0 Å². The quantitative estimate of drug-likeness (QED) is 0.402. The maximum Gasteiger partial charge on any atom is 0.229 e. The molecule has 0 aliphatic heterocycles. The number of aromatic nitrogens is 2. The van der Waals surface area contributed by atoms with E-state index in [1.807, 2.05) is 6.92 Å². The van der Waals surface area contributed by atoms with Gasteiger partial charge in [0.15, 0.2) is 33.0 Å². The molecule has 0 spiro atoms. The molecule has 9 nitrogen and oxygen atoms in total. The van der Waals surface area contributed by atoms with Crippen LogP contribution in [0, 0.1) is 5.82 Å². The summed E-state index contributed by atoms with van der Waals surface area (Å²) < 4.78 is 54.4. The monoisotopic (exact) mass is 490 g/mol. The number of benzene rings is 2. The maximum absolute atomic E-state index is 14.4. The molecule has 3 rings (SSSR count). The molecule has 34 heavy (non-hydrogen) atoms. The number of sulfone groups is 1. The highest BCUT2D eigenvalue weighted by molar-refractivity contribution is 7.90. The molecule has 3 aromatic rings. The summed E-state index contributed by atoms with van der Waals surface area (Å²) in [6.07, 6.45) is 1.61.